The number of anilines is 1. The number of hydrogen-bond donors (Lipinski definition) is 2. The predicted octanol–water partition coefficient (Wildman–Crippen LogP) is 4.12. The standard InChI is InChI=1S/C27H20N2O4/c1-3-18-9-7-12-20(15-18)29-23(30)16-28-27(32)22-14-8-13-21-24(31)17(2)25(33-26(21)22)19-10-5-4-6-11-19/h1,4-15H,16H2,2H3,(H,28,32)(H,29,30). The van der Waals surface area contributed by atoms with E-state index in [9.17, 15) is 14.4 Å². The van der Waals surface area contributed by atoms with Crippen LogP contribution in [-0.4, -0.2) is 18.4 Å². The van der Waals surface area contributed by atoms with Crippen molar-refractivity contribution in [2.24, 2.45) is 0 Å². The van der Waals surface area contributed by atoms with E-state index >= 15 is 0 Å². The number of nitrogens with one attached hydrogen (secondary N) is 2. The molecule has 0 aliphatic carbocycles. The first-order chi connectivity index (χ1) is 16.0. The Labute approximate surface area is 190 Å². The molecule has 0 atom stereocenters. The monoisotopic (exact) mass is 436 g/mol. The quantitative estimate of drug-likeness (QED) is 0.461. The van der Waals surface area contributed by atoms with Gasteiger partial charge in [-0.2, -0.15) is 0 Å². The summed E-state index contributed by atoms with van der Waals surface area (Å²) in [5.41, 5.74) is 2.49. The van der Waals surface area contributed by atoms with Crippen LogP contribution in [0.3, 0.4) is 0 Å². The van der Waals surface area contributed by atoms with Gasteiger partial charge in [0.25, 0.3) is 5.91 Å². The first kappa shape index (κ1) is 21.6. The van der Waals surface area contributed by atoms with Crippen molar-refractivity contribution in [1.82, 2.24) is 5.32 Å². The Bertz CT molecular complexity index is 1460. The number of para-hydroxylation sites is 1. The molecule has 6 nitrogen and oxygen atoms in total. The fourth-order valence-corrected chi connectivity index (χ4v) is 3.50. The molecule has 0 fully saturated rings. The number of rotatable bonds is 5. The van der Waals surface area contributed by atoms with Crippen LogP contribution in [0.25, 0.3) is 22.3 Å². The third-order valence-electron chi connectivity index (χ3n) is 5.15. The van der Waals surface area contributed by atoms with Gasteiger partial charge in [0.2, 0.25) is 5.91 Å². The van der Waals surface area contributed by atoms with E-state index in [0.717, 1.165) is 5.56 Å². The summed E-state index contributed by atoms with van der Waals surface area (Å²) in [5, 5.41) is 5.57. The van der Waals surface area contributed by atoms with Crippen LogP contribution in [0.15, 0.2) is 82.0 Å². The number of amides is 2. The summed E-state index contributed by atoms with van der Waals surface area (Å²) in [6.45, 7) is 1.43. The molecule has 2 N–H and O–H groups in total. The van der Waals surface area contributed by atoms with Crippen molar-refractivity contribution in [2.75, 3.05) is 11.9 Å². The molecular weight excluding hydrogens is 416 g/mol. The summed E-state index contributed by atoms with van der Waals surface area (Å²) >= 11 is 0. The minimum absolute atomic E-state index is 0.170. The lowest BCUT2D eigenvalue weighted by Gasteiger charge is -2.11. The second-order valence-corrected chi connectivity index (χ2v) is 7.39. The first-order valence-corrected chi connectivity index (χ1v) is 10.2. The molecule has 33 heavy (non-hydrogen) atoms. The molecule has 162 valence electrons. The normalized spacial score (nSPS) is 10.4. The zero-order chi connectivity index (χ0) is 23.4. The van der Waals surface area contributed by atoms with E-state index in [1.54, 1.807) is 49.4 Å². The third-order valence-corrected chi connectivity index (χ3v) is 5.15. The highest BCUT2D eigenvalue weighted by Crippen LogP contribution is 2.27. The molecule has 0 spiro atoms. The van der Waals surface area contributed by atoms with Crippen molar-refractivity contribution in [2.45, 2.75) is 6.92 Å². The first-order valence-electron chi connectivity index (χ1n) is 10.2. The smallest absolute Gasteiger partial charge is 0.255 e. The van der Waals surface area contributed by atoms with Crippen LogP contribution >= 0.6 is 0 Å². The number of carbonyl (C=O) groups excluding carboxylic acids is 2. The zero-order valence-corrected chi connectivity index (χ0v) is 17.8. The average Bonchev–Trinajstić information content (AvgIpc) is 2.85. The molecule has 1 heterocycles. The number of hydrogen-bond acceptors (Lipinski definition) is 4. The van der Waals surface area contributed by atoms with Crippen LogP contribution in [0.2, 0.25) is 0 Å². The van der Waals surface area contributed by atoms with Crippen molar-refractivity contribution in [3.8, 4) is 23.7 Å². The summed E-state index contributed by atoms with van der Waals surface area (Å²) in [6.07, 6.45) is 5.37. The van der Waals surface area contributed by atoms with Crippen molar-refractivity contribution in [1.29, 1.82) is 0 Å². The van der Waals surface area contributed by atoms with E-state index in [-0.39, 0.29) is 23.1 Å². The molecule has 1 aromatic heterocycles. The predicted molar refractivity (Wildman–Crippen MR) is 128 cm³/mol. The number of benzene rings is 3. The number of carbonyl (C=O) groups is 2. The molecule has 0 saturated carbocycles. The second kappa shape index (κ2) is 9.25. The van der Waals surface area contributed by atoms with Crippen LogP contribution in [0.1, 0.15) is 21.5 Å². The van der Waals surface area contributed by atoms with Crippen LogP contribution in [0.4, 0.5) is 5.69 Å². The number of fused-ring (bicyclic) bond motifs is 1. The number of terminal acetylenes is 1. The largest absolute Gasteiger partial charge is 0.455 e. The molecule has 2 amide bonds. The highest BCUT2D eigenvalue weighted by atomic mass is 16.3. The highest BCUT2D eigenvalue weighted by molar-refractivity contribution is 6.06. The molecule has 4 rings (SSSR count). The summed E-state index contributed by atoms with van der Waals surface area (Å²) < 4.78 is 6.06. The molecule has 0 aliphatic rings. The Morgan fingerprint density at radius 2 is 1.76 bits per heavy atom. The Kier molecular flexibility index (Phi) is 6.05. The van der Waals surface area contributed by atoms with Crippen LogP contribution in [0, 0.1) is 19.3 Å². The minimum Gasteiger partial charge on any atom is -0.455 e. The Morgan fingerprint density at radius 3 is 2.52 bits per heavy atom. The molecule has 0 radical (unpaired) electrons. The molecular formula is C27H20N2O4. The van der Waals surface area contributed by atoms with Gasteiger partial charge in [0.1, 0.15) is 5.76 Å². The second-order valence-electron chi connectivity index (χ2n) is 7.39. The third kappa shape index (κ3) is 4.53. The Morgan fingerprint density at radius 1 is 1.00 bits per heavy atom. The maximum absolute atomic E-state index is 12.9. The Balaban J connectivity index is 1.59. The van der Waals surface area contributed by atoms with E-state index < -0.39 is 11.8 Å². The molecule has 4 aromatic rings. The summed E-state index contributed by atoms with van der Waals surface area (Å²) in [5.74, 6) is 1.95. The van der Waals surface area contributed by atoms with E-state index in [4.69, 9.17) is 10.8 Å². The lowest BCUT2D eigenvalue weighted by Crippen LogP contribution is -2.33. The fraction of sp³-hybridized carbons (Fsp3) is 0.0741. The maximum atomic E-state index is 12.9. The van der Waals surface area contributed by atoms with Gasteiger partial charge in [0.05, 0.1) is 17.5 Å². The van der Waals surface area contributed by atoms with Crippen molar-refractivity contribution >= 4 is 28.5 Å². The lowest BCUT2D eigenvalue weighted by atomic mass is 10.0. The summed E-state index contributed by atoms with van der Waals surface area (Å²) in [7, 11) is 0. The topological polar surface area (TPSA) is 88.4 Å². The summed E-state index contributed by atoms with van der Waals surface area (Å²) in [6, 6.07) is 20.8. The van der Waals surface area contributed by atoms with Gasteiger partial charge in [0.15, 0.2) is 11.0 Å². The zero-order valence-electron chi connectivity index (χ0n) is 17.8. The molecule has 0 saturated heterocycles. The SMILES string of the molecule is C#Cc1cccc(NC(=O)CNC(=O)c2cccc3c(=O)c(C)c(-c4ccccc4)oc23)c1. The highest BCUT2D eigenvalue weighted by Gasteiger charge is 2.18. The van der Waals surface area contributed by atoms with Gasteiger partial charge in [-0.05, 0) is 37.3 Å². The van der Waals surface area contributed by atoms with Crippen molar-refractivity contribution < 1.29 is 14.0 Å². The molecule has 0 unspecified atom stereocenters. The van der Waals surface area contributed by atoms with Gasteiger partial charge in [-0.15, -0.1) is 6.42 Å². The van der Waals surface area contributed by atoms with Gasteiger partial charge in [-0.1, -0.05) is 48.4 Å². The van der Waals surface area contributed by atoms with Gasteiger partial charge >= 0.3 is 0 Å². The van der Waals surface area contributed by atoms with E-state index in [2.05, 4.69) is 16.6 Å². The molecule has 3 aromatic carbocycles. The van der Waals surface area contributed by atoms with Gasteiger partial charge in [-0.25, -0.2) is 0 Å². The van der Waals surface area contributed by atoms with E-state index in [1.807, 2.05) is 30.3 Å². The van der Waals surface area contributed by atoms with Crippen LogP contribution in [-0.2, 0) is 4.79 Å². The fourth-order valence-electron chi connectivity index (χ4n) is 3.50. The van der Waals surface area contributed by atoms with E-state index in [1.165, 1.54) is 0 Å². The van der Waals surface area contributed by atoms with Gasteiger partial charge in [0, 0.05) is 22.4 Å². The molecule has 0 bridgehead atoms. The lowest BCUT2D eigenvalue weighted by molar-refractivity contribution is -0.115. The van der Waals surface area contributed by atoms with Gasteiger partial charge in [-0.3, -0.25) is 14.4 Å². The average molecular weight is 436 g/mol. The van der Waals surface area contributed by atoms with Crippen LogP contribution in [0.5, 0.6) is 0 Å². The van der Waals surface area contributed by atoms with Crippen LogP contribution < -0.4 is 16.1 Å². The van der Waals surface area contributed by atoms with Gasteiger partial charge < -0.3 is 15.1 Å². The van der Waals surface area contributed by atoms with Crippen molar-refractivity contribution in [3.05, 3.63) is 99.7 Å². The minimum atomic E-state index is -0.529. The molecule has 0 aliphatic heterocycles. The van der Waals surface area contributed by atoms with Crippen molar-refractivity contribution in [3.63, 3.8) is 0 Å². The molecule has 6 heteroatoms. The maximum Gasteiger partial charge on any atom is 0.255 e. The van der Waals surface area contributed by atoms with E-state index in [0.29, 0.717) is 28.0 Å². The Hall–Kier alpha value is -4.63. The summed E-state index contributed by atoms with van der Waals surface area (Å²) in [4.78, 5) is 38.1.